The van der Waals surface area contributed by atoms with Gasteiger partial charge in [-0.1, -0.05) is 12.2 Å². The highest BCUT2D eigenvalue weighted by molar-refractivity contribution is 5.93. The van der Waals surface area contributed by atoms with Gasteiger partial charge in [0.15, 0.2) is 23.5 Å². The number of carbonyl (C=O) groups excluding carboxylic acids is 1. The first-order valence-electron chi connectivity index (χ1n) is 10.8. The van der Waals surface area contributed by atoms with Crippen molar-refractivity contribution in [2.75, 3.05) is 20.8 Å². The highest BCUT2D eigenvalue weighted by atomic mass is 16.6. The number of nitrogens with one attached hydrogen (secondary N) is 1. The van der Waals surface area contributed by atoms with Crippen LogP contribution < -0.4 is 14.8 Å². The van der Waals surface area contributed by atoms with Crippen molar-refractivity contribution in [1.82, 2.24) is 15.1 Å². The van der Waals surface area contributed by atoms with Gasteiger partial charge in [0.1, 0.15) is 0 Å². The van der Waals surface area contributed by atoms with Crippen LogP contribution in [0.5, 0.6) is 11.5 Å². The summed E-state index contributed by atoms with van der Waals surface area (Å²) in [5, 5.41) is 17.8. The molecular formula is C24H29N3O5. The van der Waals surface area contributed by atoms with Crippen LogP contribution in [-0.4, -0.2) is 53.4 Å². The zero-order chi connectivity index (χ0) is 22.7. The second-order valence-electron chi connectivity index (χ2n) is 7.94. The molecule has 2 heterocycles. The van der Waals surface area contributed by atoms with Gasteiger partial charge in [0.2, 0.25) is 0 Å². The topological polar surface area (TPSA) is 94.8 Å². The maximum Gasteiger partial charge on any atom is 0.272 e. The van der Waals surface area contributed by atoms with E-state index in [1.54, 1.807) is 18.9 Å². The number of benzene rings is 1. The lowest BCUT2D eigenvalue weighted by Gasteiger charge is -2.22. The second kappa shape index (κ2) is 9.18. The summed E-state index contributed by atoms with van der Waals surface area (Å²) in [6.07, 6.45) is 7.97. The fourth-order valence-corrected chi connectivity index (χ4v) is 3.86. The predicted octanol–water partition coefficient (Wildman–Crippen LogP) is 2.91. The number of aliphatic hydroxyl groups is 1. The molecule has 2 aromatic rings. The Morgan fingerprint density at radius 1 is 1.25 bits per heavy atom. The third kappa shape index (κ3) is 4.28. The zero-order valence-corrected chi connectivity index (χ0v) is 18.6. The Morgan fingerprint density at radius 2 is 2.03 bits per heavy atom. The summed E-state index contributed by atoms with van der Waals surface area (Å²) in [7, 11) is 3.20. The van der Waals surface area contributed by atoms with Gasteiger partial charge in [-0.05, 0) is 62.9 Å². The molecule has 32 heavy (non-hydrogen) atoms. The monoisotopic (exact) mass is 439 g/mol. The first-order valence-corrected chi connectivity index (χ1v) is 10.8. The summed E-state index contributed by atoms with van der Waals surface area (Å²) in [5.74, 6) is 0.936. The van der Waals surface area contributed by atoms with Gasteiger partial charge in [-0.15, -0.1) is 0 Å². The van der Waals surface area contributed by atoms with Crippen molar-refractivity contribution in [3.63, 3.8) is 0 Å². The number of carbonyl (C=O) groups is 1. The highest BCUT2D eigenvalue weighted by Gasteiger charge is 2.51. The number of hydrogen-bond donors (Lipinski definition) is 2. The lowest BCUT2D eigenvalue weighted by molar-refractivity contribution is -0.121. The maximum absolute atomic E-state index is 13.0. The van der Waals surface area contributed by atoms with E-state index in [1.807, 2.05) is 43.3 Å². The SMILES string of the molecule is CCOC(O)C1(NC(=O)c2cc3n(n2)/C(c2ccc(OC)c(OC)c2)=C\C=C/CC3)CC1. The van der Waals surface area contributed by atoms with Crippen molar-refractivity contribution in [3.05, 3.63) is 59.4 Å². The van der Waals surface area contributed by atoms with Crippen molar-refractivity contribution in [2.45, 2.75) is 44.4 Å². The van der Waals surface area contributed by atoms with E-state index < -0.39 is 11.8 Å². The molecule has 1 unspecified atom stereocenters. The Bertz CT molecular complexity index is 1050. The molecule has 0 spiro atoms. The van der Waals surface area contributed by atoms with E-state index in [2.05, 4.69) is 16.5 Å². The summed E-state index contributed by atoms with van der Waals surface area (Å²) in [6, 6.07) is 7.49. The van der Waals surface area contributed by atoms with E-state index in [0.717, 1.165) is 29.8 Å². The molecule has 2 N–H and O–H groups in total. The number of ether oxygens (including phenoxy) is 3. The van der Waals surface area contributed by atoms with Gasteiger partial charge >= 0.3 is 0 Å². The number of amides is 1. The molecule has 0 saturated heterocycles. The molecule has 8 heteroatoms. The largest absolute Gasteiger partial charge is 0.493 e. The minimum Gasteiger partial charge on any atom is -0.493 e. The average molecular weight is 440 g/mol. The molecule has 170 valence electrons. The Balaban J connectivity index is 1.65. The highest BCUT2D eigenvalue weighted by Crippen LogP contribution is 2.39. The van der Waals surface area contributed by atoms with Crippen LogP contribution in [0, 0.1) is 0 Å². The predicted molar refractivity (Wildman–Crippen MR) is 120 cm³/mol. The van der Waals surface area contributed by atoms with E-state index in [1.165, 1.54) is 0 Å². The summed E-state index contributed by atoms with van der Waals surface area (Å²) in [4.78, 5) is 13.0. The van der Waals surface area contributed by atoms with Gasteiger partial charge in [0.05, 0.1) is 25.5 Å². The molecule has 2 aliphatic rings. The van der Waals surface area contributed by atoms with Crippen LogP contribution in [0.25, 0.3) is 5.70 Å². The summed E-state index contributed by atoms with van der Waals surface area (Å²) >= 11 is 0. The third-order valence-corrected chi connectivity index (χ3v) is 5.83. The molecule has 4 rings (SSSR count). The molecule has 1 aromatic heterocycles. The molecule has 1 aliphatic carbocycles. The molecule has 0 bridgehead atoms. The first-order chi connectivity index (χ1) is 15.5. The number of fused-ring (bicyclic) bond motifs is 1. The average Bonchev–Trinajstić information content (AvgIpc) is 3.46. The van der Waals surface area contributed by atoms with E-state index >= 15 is 0 Å². The van der Waals surface area contributed by atoms with E-state index in [4.69, 9.17) is 14.2 Å². The van der Waals surface area contributed by atoms with Gasteiger partial charge in [-0.2, -0.15) is 5.10 Å². The fraction of sp³-hybridized carbons (Fsp3) is 0.417. The number of rotatable bonds is 8. The van der Waals surface area contributed by atoms with Crippen molar-refractivity contribution in [2.24, 2.45) is 0 Å². The van der Waals surface area contributed by atoms with Crippen LogP contribution in [-0.2, 0) is 11.2 Å². The van der Waals surface area contributed by atoms with Gasteiger partial charge in [-0.25, -0.2) is 4.68 Å². The van der Waals surface area contributed by atoms with Crippen LogP contribution >= 0.6 is 0 Å². The van der Waals surface area contributed by atoms with Crippen molar-refractivity contribution in [3.8, 4) is 11.5 Å². The minimum atomic E-state index is -1.02. The van der Waals surface area contributed by atoms with Crippen LogP contribution in [0.2, 0.25) is 0 Å². The Kier molecular flexibility index (Phi) is 6.34. The number of methoxy groups -OCH3 is 2. The fourth-order valence-electron chi connectivity index (χ4n) is 3.86. The Morgan fingerprint density at radius 3 is 2.72 bits per heavy atom. The number of hydrogen-bond acceptors (Lipinski definition) is 6. The maximum atomic E-state index is 13.0. The number of aryl methyl sites for hydroxylation is 1. The molecule has 1 atom stereocenters. The van der Waals surface area contributed by atoms with Gasteiger partial charge in [-0.3, -0.25) is 4.79 Å². The van der Waals surface area contributed by atoms with E-state index in [9.17, 15) is 9.90 Å². The lowest BCUT2D eigenvalue weighted by Crippen LogP contribution is -2.47. The molecular weight excluding hydrogens is 410 g/mol. The number of aromatic nitrogens is 2. The second-order valence-corrected chi connectivity index (χ2v) is 7.94. The van der Waals surface area contributed by atoms with E-state index in [0.29, 0.717) is 36.6 Å². The number of nitrogens with zero attached hydrogens (tertiary/aromatic N) is 2. The van der Waals surface area contributed by atoms with Crippen LogP contribution in [0.1, 0.15) is 47.9 Å². The molecule has 8 nitrogen and oxygen atoms in total. The van der Waals surface area contributed by atoms with Crippen molar-refractivity contribution >= 4 is 11.6 Å². The van der Waals surface area contributed by atoms with Crippen LogP contribution in [0.3, 0.4) is 0 Å². The molecule has 1 amide bonds. The normalized spacial score (nSPS) is 20.1. The quantitative estimate of drug-likeness (QED) is 0.614. The molecule has 1 fully saturated rings. The summed E-state index contributed by atoms with van der Waals surface area (Å²) in [6.45, 7) is 2.19. The van der Waals surface area contributed by atoms with Crippen LogP contribution in [0.15, 0.2) is 42.5 Å². The Hall–Kier alpha value is -3.10. The van der Waals surface area contributed by atoms with Crippen LogP contribution in [0.4, 0.5) is 0 Å². The van der Waals surface area contributed by atoms with E-state index in [-0.39, 0.29) is 5.91 Å². The molecule has 0 radical (unpaired) electrons. The molecule has 1 aromatic carbocycles. The standard InChI is InChI=1S/C24H29N3O5/c1-4-32-23(29)24(12-13-24)25-22(28)18-15-17-8-6-5-7-9-19(27(17)26-18)16-10-11-20(30-2)21(14-16)31-3/h5,7,9-11,14-15,23,29H,4,6,8,12-13H2,1-3H3,(H,25,28)/b7-5-,19-9-. The first kappa shape index (κ1) is 22.1. The van der Waals surface area contributed by atoms with Gasteiger partial charge < -0.3 is 24.6 Å². The minimum absolute atomic E-state index is 0.309. The number of allylic oxidation sites excluding steroid dienone is 3. The van der Waals surface area contributed by atoms with Crippen molar-refractivity contribution in [1.29, 1.82) is 0 Å². The molecule has 1 aliphatic heterocycles. The summed E-state index contributed by atoms with van der Waals surface area (Å²) < 4.78 is 17.9. The lowest BCUT2D eigenvalue weighted by atomic mass is 10.1. The Labute approximate surface area is 187 Å². The summed E-state index contributed by atoms with van der Waals surface area (Å²) in [5.41, 5.74) is 2.22. The van der Waals surface area contributed by atoms with Crippen molar-refractivity contribution < 1.29 is 24.1 Å². The van der Waals surface area contributed by atoms with Gasteiger partial charge in [0, 0.05) is 17.9 Å². The zero-order valence-electron chi connectivity index (χ0n) is 18.6. The number of aliphatic hydroxyl groups excluding tert-OH is 1. The molecule has 1 saturated carbocycles. The third-order valence-electron chi connectivity index (χ3n) is 5.83. The smallest absolute Gasteiger partial charge is 0.272 e. The van der Waals surface area contributed by atoms with Gasteiger partial charge in [0.25, 0.3) is 5.91 Å².